The number of nitrogens with zero attached hydrogens (tertiary/aromatic N) is 1. The van der Waals surface area contributed by atoms with Crippen molar-refractivity contribution in [3.63, 3.8) is 0 Å². The van der Waals surface area contributed by atoms with Gasteiger partial charge in [0.2, 0.25) is 0 Å². The van der Waals surface area contributed by atoms with Gasteiger partial charge in [-0.1, -0.05) is 48.0 Å². The SMILES string of the molecule is Cc1cccc(CCNC(=O)c2cc3ccccc3nc2C)c1. The zero-order valence-corrected chi connectivity index (χ0v) is 13.5. The van der Waals surface area contributed by atoms with Gasteiger partial charge in [-0.05, 0) is 38.0 Å². The topological polar surface area (TPSA) is 42.0 Å². The first kappa shape index (κ1) is 15.2. The van der Waals surface area contributed by atoms with Crippen molar-refractivity contribution in [1.82, 2.24) is 10.3 Å². The molecule has 0 aliphatic heterocycles. The molecule has 0 saturated heterocycles. The maximum absolute atomic E-state index is 12.4. The summed E-state index contributed by atoms with van der Waals surface area (Å²) in [7, 11) is 0. The smallest absolute Gasteiger partial charge is 0.253 e. The van der Waals surface area contributed by atoms with Crippen molar-refractivity contribution in [1.29, 1.82) is 0 Å². The quantitative estimate of drug-likeness (QED) is 0.796. The molecule has 3 nitrogen and oxygen atoms in total. The number of fused-ring (bicyclic) bond motifs is 1. The maximum atomic E-state index is 12.4. The summed E-state index contributed by atoms with van der Waals surface area (Å²) in [5, 5.41) is 3.98. The van der Waals surface area contributed by atoms with Gasteiger partial charge in [0.05, 0.1) is 16.8 Å². The molecule has 0 aliphatic rings. The van der Waals surface area contributed by atoms with Crippen LogP contribution in [0.3, 0.4) is 0 Å². The number of amides is 1. The van der Waals surface area contributed by atoms with Gasteiger partial charge in [-0.2, -0.15) is 0 Å². The van der Waals surface area contributed by atoms with E-state index < -0.39 is 0 Å². The van der Waals surface area contributed by atoms with Crippen molar-refractivity contribution in [2.24, 2.45) is 0 Å². The van der Waals surface area contributed by atoms with Crippen molar-refractivity contribution in [2.45, 2.75) is 20.3 Å². The molecule has 23 heavy (non-hydrogen) atoms. The molecule has 2 aromatic carbocycles. The van der Waals surface area contributed by atoms with E-state index in [1.54, 1.807) is 0 Å². The van der Waals surface area contributed by atoms with Crippen molar-refractivity contribution in [3.05, 3.63) is 77.0 Å². The van der Waals surface area contributed by atoms with Gasteiger partial charge in [-0.15, -0.1) is 0 Å². The Labute approximate surface area is 136 Å². The second kappa shape index (κ2) is 6.61. The van der Waals surface area contributed by atoms with Gasteiger partial charge in [0.1, 0.15) is 0 Å². The Morgan fingerprint density at radius 2 is 1.87 bits per heavy atom. The number of carbonyl (C=O) groups is 1. The number of aromatic nitrogens is 1. The Morgan fingerprint density at radius 3 is 2.70 bits per heavy atom. The molecule has 1 N–H and O–H groups in total. The molecular weight excluding hydrogens is 284 g/mol. The van der Waals surface area contributed by atoms with Crippen LogP contribution < -0.4 is 5.32 Å². The van der Waals surface area contributed by atoms with Crippen LogP contribution in [0.1, 0.15) is 27.2 Å². The first-order valence-corrected chi connectivity index (χ1v) is 7.83. The molecule has 0 saturated carbocycles. The van der Waals surface area contributed by atoms with Gasteiger partial charge in [0, 0.05) is 11.9 Å². The standard InChI is InChI=1S/C20H20N2O/c1-14-6-5-7-16(12-14)10-11-21-20(23)18-13-17-8-3-4-9-19(17)22-15(18)2/h3-9,12-13H,10-11H2,1-2H3,(H,21,23). The summed E-state index contributed by atoms with van der Waals surface area (Å²) in [5.41, 5.74) is 4.80. The van der Waals surface area contributed by atoms with E-state index in [0.717, 1.165) is 23.0 Å². The third-order valence-corrected chi connectivity index (χ3v) is 3.94. The van der Waals surface area contributed by atoms with Crippen molar-refractivity contribution >= 4 is 16.8 Å². The molecule has 3 aromatic rings. The fraction of sp³-hybridized carbons (Fsp3) is 0.200. The Balaban J connectivity index is 1.69. The summed E-state index contributed by atoms with van der Waals surface area (Å²) in [4.78, 5) is 16.9. The second-order valence-electron chi connectivity index (χ2n) is 5.81. The molecular formula is C20H20N2O. The minimum atomic E-state index is -0.0617. The summed E-state index contributed by atoms with van der Waals surface area (Å²) >= 11 is 0. The summed E-state index contributed by atoms with van der Waals surface area (Å²) < 4.78 is 0. The van der Waals surface area contributed by atoms with Crippen LogP contribution in [0.5, 0.6) is 0 Å². The van der Waals surface area contributed by atoms with Gasteiger partial charge < -0.3 is 5.32 Å². The first-order chi connectivity index (χ1) is 11.1. The van der Waals surface area contributed by atoms with Gasteiger partial charge in [0.15, 0.2) is 0 Å². The molecule has 1 amide bonds. The molecule has 0 unspecified atom stereocenters. The van der Waals surface area contributed by atoms with E-state index >= 15 is 0 Å². The molecule has 0 bridgehead atoms. The van der Waals surface area contributed by atoms with Crippen LogP contribution in [0, 0.1) is 13.8 Å². The number of pyridine rings is 1. The molecule has 0 radical (unpaired) electrons. The molecule has 1 heterocycles. The Kier molecular flexibility index (Phi) is 4.38. The van der Waals surface area contributed by atoms with E-state index in [-0.39, 0.29) is 5.91 Å². The van der Waals surface area contributed by atoms with Crippen LogP contribution in [0.15, 0.2) is 54.6 Å². The molecule has 3 rings (SSSR count). The lowest BCUT2D eigenvalue weighted by Gasteiger charge is -2.09. The highest BCUT2D eigenvalue weighted by Gasteiger charge is 2.11. The number of hydrogen-bond acceptors (Lipinski definition) is 2. The molecule has 3 heteroatoms. The fourth-order valence-corrected chi connectivity index (χ4v) is 2.73. The number of benzene rings is 2. The van der Waals surface area contributed by atoms with E-state index in [2.05, 4.69) is 35.4 Å². The zero-order valence-electron chi connectivity index (χ0n) is 13.5. The number of hydrogen-bond donors (Lipinski definition) is 1. The van der Waals surface area contributed by atoms with Gasteiger partial charge >= 0.3 is 0 Å². The average Bonchev–Trinajstić information content (AvgIpc) is 2.54. The lowest BCUT2D eigenvalue weighted by Crippen LogP contribution is -2.26. The minimum Gasteiger partial charge on any atom is -0.352 e. The summed E-state index contributed by atoms with van der Waals surface area (Å²) in [5.74, 6) is -0.0617. The van der Waals surface area contributed by atoms with E-state index in [9.17, 15) is 4.79 Å². The number of nitrogens with one attached hydrogen (secondary N) is 1. The van der Waals surface area contributed by atoms with E-state index in [1.807, 2.05) is 43.3 Å². The third kappa shape index (κ3) is 3.57. The van der Waals surface area contributed by atoms with E-state index in [0.29, 0.717) is 12.1 Å². The van der Waals surface area contributed by atoms with Crippen LogP contribution in [0.4, 0.5) is 0 Å². The monoisotopic (exact) mass is 304 g/mol. The van der Waals surface area contributed by atoms with Crippen LogP contribution in [0.25, 0.3) is 10.9 Å². The van der Waals surface area contributed by atoms with Gasteiger partial charge in [-0.25, -0.2) is 0 Å². The van der Waals surface area contributed by atoms with Crippen LogP contribution in [0.2, 0.25) is 0 Å². The largest absolute Gasteiger partial charge is 0.352 e. The fourth-order valence-electron chi connectivity index (χ4n) is 2.73. The van der Waals surface area contributed by atoms with Crippen LogP contribution >= 0.6 is 0 Å². The summed E-state index contributed by atoms with van der Waals surface area (Å²) in [6, 6.07) is 18.1. The van der Waals surface area contributed by atoms with Crippen LogP contribution in [-0.4, -0.2) is 17.4 Å². The maximum Gasteiger partial charge on any atom is 0.253 e. The number of aryl methyl sites for hydroxylation is 2. The van der Waals surface area contributed by atoms with Crippen molar-refractivity contribution < 1.29 is 4.79 Å². The zero-order chi connectivity index (χ0) is 16.2. The number of rotatable bonds is 4. The van der Waals surface area contributed by atoms with Crippen molar-refractivity contribution in [3.8, 4) is 0 Å². The highest BCUT2D eigenvalue weighted by atomic mass is 16.1. The third-order valence-electron chi connectivity index (χ3n) is 3.94. The predicted molar refractivity (Wildman–Crippen MR) is 93.7 cm³/mol. The first-order valence-electron chi connectivity index (χ1n) is 7.83. The highest BCUT2D eigenvalue weighted by Crippen LogP contribution is 2.16. The van der Waals surface area contributed by atoms with Gasteiger partial charge in [-0.3, -0.25) is 9.78 Å². The molecule has 0 atom stereocenters. The van der Waals surface area contributed by atoms with E-state index in [4.69, 9.17) is 0 Å². The molecule has 1 aromatic heterocycles. The normalized spacial score (nSPS) is 10.7. The molecule has 0 spiro atoms. The Bertz CT molecular complexity index is 855. The van der Waals surface area contributed by atoms with E-state index in [1.165, 1.54) is 11.1 Å². The van der Waals surface area contributed by atoms with Crippen LogP contribution in [-0.2, 0) is 6.42 Å². The summed E-state index contributed by atoms with van der Waals surface area (Å²) in [6.07, 6.45) is 0.827. The molecule has 0 fully saturated rings. The number of para-hydroxylation sites is 1. The average molecular weight is 304 g/mol. The molecule has 0 aliphatic carbocycles. The Hall–Kier alpha value is -2.68. The lowest BCUT2D eigenvalue weighted by atomic mass is 10.1. The van der Waals surface area contributed by atoms with Gasteiger partial charge in [0.25, 0.3) is 5.91 Å². The minimum absolute atomic E-state index is 0.0617. The lowest BCUT2D eigenvalue weighted by molar-refractivity contribution is 0.0953. The second-order valence-corrected chi connectivity index (χ2v) is 5.81. The predicted octanol–water partition coefficient (Wildman–Crippen LogP) is 3.82. The molecule has 116 valence electrons. The highest BCUT2D eigenvalue weighted by molar-refractivity contribution is 5.98. The van der Waals surface area contributed by atoms with Crippen molar-refractivity contribution in [2.75, 3.05) is 6.54 Å². The Morgan fingerprint density at radius 1 is 1.04 bits per heavy atom. The summed E-state index contributed by atoms with van der Waals surface area (Å²) in [6.45, 7) is 4.57. The number of carbonyl (C=O) groups excluding carboxylic acids is 1.